The van der Waals surface area contributed by atoms with Crippen molar-refractivity contribution in [1.82, 2.24) is 0 Å². The Morgan fingerprint density at radius 1 is 1.00 bits per heavy atom. The Hall–Kier alpha value is -2.02. The van der Waals surface area contributed by atoms with Crippen LogP contribution in [0.5, 0.6) is 0 Å². The molecule has 21 heavy (non-hydrogen) atoms. The highest BCUT2D eigenvalue weighted by Gasteiger charge is 2.02. The molecule has 1 nitrogen and oxygen atoms in total. The number of benzene rings is 2. The van der Waals surface area contributed by atoms with E-state index in [1.807, 2.05) is 0 Å². The molecule has 1 heteroatoms. The van der Waals surface area contributed by atoms with Crippen LogP contribution in [0.2, 0.25) is 0 Å². The van der Waals surface area contributed by atoms with Gasteiger partial charge in [0, 0.05) is 11.4 Å². The van der Waals surface area contributed by atoms with E-state index in [0.717, 1.165) is 29.8 Å². The van der Waals surface area contributed by atoms with Gasteiger partial charge < -0.3 is 5.32 Å². The second kappa shape index (κ2) is 7.68. The number of unbranched alkanes of at least 4 members (excludes halogenated alkanes) is 1. The first-order chi connectivity index (χ1) is 10.2. The van der Waals surface area contributed by atoms with Gasteiger partial charge in [-0.1, -0.05) is 57.2 Å². The van der Waals surface area contributed by atoms with Crippen molar-refractivity contribution in [2.24, 2.45) is 0 Å². The molecule has 0 aliphatic heterocycles. The van der Waals surface area contributed by atoms with Gasteiger partial charge in [0.1, 0.15) is 0 Å². The highest BCUT2D eigenvalue weighted by Crippen LogP contribution is 2.20. The van der Waals surface area contributed by atoms with Crippen LogP contribution >= 0.6 is 0 Å². The van der Waals surface area contributed by atoms with Gasteiger partial charge in [-0.05, 0) is 54.2 Å². The van der Waals surface area contributed by atoms with Crippen molar-refractivity contribution in [2.45, 2.75) is 39.5 Å². The van der Waals surface area contributed by atoms with Crippen molar-refractivity contribution in [1.29, 1.82) is 0 Å². The van der Waals surface area contributed by atoms with Crippen LogP contribution in [0.4, 0.5) is 5.69 Å². The molecule has 2 rings (SSSR count). The zero-order chi connectivity index (χ0) is 15.1. The summed E-state index contributed by atoms with van der Waals surface area (Å²) >= 11 is 0. The first kappa shape index (κ1) is 15.4. The first-order valence-electron chi connectivity index (χ1n) is 7.87. The molecule has 0 amide bonds. The molecule has 0 aliphatic rings. The van der Waals surface area contributed by atoms with Crippen LogP contribution in [-0.2, 0) is 12.8 Å². The third-order valence-corrected chi connectivity index (χ3v) is 3.72. The first-order valence-corrected chi connectivity index (χ1v) is 7.87. The smallest absolute Gasteiger partial charge is 0.0386 e. The Morgan fingerprint density at radius 2 is 1.76 bits per heavy atom. The van der Waals surface area contributed by atoms with Gasteiger partial charge in [-0.25, -0.2) is 0 Å². The van der Waals surface area contributed by atoms with Crippen molar-refractivity contribution in [3.8, 4) is 0 Å². The number of rotatable bonds is 7. The number of anilines is 1. The third-order valence-electron chi connectivity index (χ3n) is 3.72. The molecule has 0 radical (unpaired) electrons. The lowest BCUT2D eigenvalue weighted by Gasteiger charge is -2.12. The van der Waals surface area contributed by atoms with Gasteiger partial charge in [-0.3, -0.25) is 0 Å². The van der Waals surface area contributed by atoms with Crippen LogP contribution in [0, 0.1) is 0 Å². The molecule has 0 aromatic heterocycles. The molecule has 0 aliphatic carbocycles. The molecule has 0 spiro atoms. The molecule has 0 saturated heterocycles. The van der Waals surface area contributed by atoms with Crippen LogP contribution in [0.1, 0.15) is 43.4 Å². The summed E-state index contributed by atoms with van der Waals surface area (Å²) in [7, 11) is 0. The maximum absolute atomic E-state index is 4.18. The van der Waals surface area contributed by atoms with E-state index < -0.39 is 0 Å². The highest BCUT2D eigenvalue weighted by atomic mass is 14.9. The van der Waals surface area contributed by atoms with E-state index in [4.69, 9.17) is 0 Å². The van der Waals surface area contributed by atoms with Crippen molar-refractivity contribution >= 4 is 11.4 Å². The molecule has 0 atom stereocenters. The maximum Gasteiger partial charge on any atom is 0.0386 e. The van der Waals surface area contributed by atoms with Crippen molar-refractivity contribution in [3.63, 3.8) is 0 Å². The average molecular weight is 279 g/mol. The number of aryl methyl sites for hydroxylation is 2. The van der Waals surface area contributed by atoms with Crippen LogP contribution < -0.4 is 5.32 Å². The Balaban J connectivity index is 2.08. The minimum atomic E-state index is 0.956. The molecule has 1 N–H and O–H groups in total. The predicted molar refractivity (Wildman–Crippen MR) is 93.5 cm³/mol. The summed E-state index contributed by atoms with van der Waals surface area (Å²) < 4.78 is 0. The number of nitrogens with one attached hydrogen (secondary N) is 1. The Morgan fingerprint density at radius 3 is 2.52 bits per heavy atom. The molecule has 0 unspecified atom stereocenters. The van der Waals surface area contributed by atoms with E-state index in [1.54, 1.807) is 0 Å². The van der Waals surface area contributed by atoms with E-state index in [9.17, 15) is 0 Å². The summed E-state index contributed by atoms with van der Waals surface area (Å²) in [5.41, 5.74) is 5.96. The van der Waals surface area contributed by atoms with Crippen LogP contribution in [-0.4, -0.2) is 0 Å². The molecule has 0 saturated carbocycles. The summed E-state index contributed by atoms with van der Waals surface area (Å²) in [5, 5.41) is 3.43. The largest absolute Gasteiger partial charge is 0.356 e. The Bertz CT molecular complexity index is 598. The van der Waals surface area contributed by atoms with Crippen molar-refractivity contribution in [3.05, 3.63) is 71.8 Å². The summed E-state index contributed by atoms with van der Waals surface area (Å²) in [6.07, 6.45) is 4.66. The van der Waals surface area contributed by atoms with Crippen LogP contribution in [0.15, 0.2) is 55.1 Å². The second-order valence-electron chi connectivity index (χ2n) is 5.46. The van der Waals surface area contributed by atoms with E-state index in [-0.39, 0.29) is 0 Å². The minimum Gasteiger partial charge on any atom is -0.356 e. The molecule has 2 aromatic carbocycles. The van der Waals surface area contributed by atoms with E-state index in [0.29, 0.717) is 0 Å². The Labute approximate surface area is 128 Å². The topological polar surface area (TPSA) is 12.0 Å². The minimum absolute atomic E-state index is 0.956. The van der Waals surface area contributed by atoms with Crippen molar-refractivity contribution < 1.29 is 0 Å². The normalized spacial score (nSPS) is 10.4. The van der Waals surface area contributed by atoms with Gasteiger partial charge in [-0.2, -0.15) is 0 Å². The fraction of sp³-hybridized carbons (Fsp3) is 0.300. The monoisotopic (exact) mass is 279 g/mol. The van der Waals surface area contributed by atoms with Gasteiger partial charge >= 0.3 is 0 Å². The predicted octanol–water partition coefficient (Wildman–Crippen LogP) is 5.67. The second-order valence-corrected chi connectivity index (χ2v) is 5.46. The molecular weight excluding hydrogens is 254 g/mol. The highest BCUT2D eigenvalue weighted by molar-refractivity contribution is 5.75. The molecule has 110 valence electrons. The van der Waals surface area contributed by atoms with E-state index in [1.165, 1.54) is 24.0 Å². The zero-order valence-electron chi connectivity index (χ0n) is 13.2. The van der Waals surface area contributed by atoms with Crippen LogP contribution in [0.3, 0.4) is 0 Å². The van der Waals surface area contributed by atoms with Crippen molar-refractivity contribution in [2.75, 3.05) is 5.32 Å². The standard InChI is InChI=1S/C20H25N/c1-4-6-9-18-11-8-13-20(15-18)21-16(3)19-12-7-10-17(5-2)14-19/h7-8,10-15,21H,3-6,9H2,1-2H3. The number of hydrogen-bond donors (Lipinski definition) is 1. The summed E-state index contributed by atoms with van der Waals surface area (Å²) in [6, 6.07) is 17.2. The Kier molecular flexibility index (Phi) is 5.62. The van der Waals surface area contributed by atoms with Gasteiger partial charge in [0.2, 0.25) is 0 Å². The van der Waals surface area contributed by atoms with E-state index >= 15 is 0 Å². The molecule has 0 fully saturated rings. The van der Waals surface area contributed by atoms with Gasteiger partial charge in [0.15, 0.2) is 0 Å². The van der Waals surface area contributed by atoms with Crippen LogP contribution in [0.25, 0.3) is 5.70 Å². The average Bonchev–Trinajstić information content (AvgIpc) is 2.53. The third kappa shape index (κ3) is 4.49. The quantitative estimate of drug-likeness (QED) is 0.688. The van der Waals surface area contributed by atoms with E-state index in [2.05, 4.69) is 74.3 Å². The number of hydrogen-bond acceptors (Lipinski definition) is 1. The lowest BCUT2D eigenvalue weighted by molar-refractivity contribution is 0.795. The molecular formula is C20H25N. The molecule has 0 heterocycles. The van der Waals surface area contributed by atoms with Gasteiger partial charge in [0.05, 0.1) is 0 Å². The fourth-order valence-corrected chi connectivity index (χ4v) is 2.41. The summed E-state index contributed by atoms with van der Waals surface area (Å²) in [4.78, 5) is 0. The van der Waals surface area contributed by atoms with Gasteiger partial charge in [0.25, 0.3) is 0 Å². The SMILES string of the molecule is C=C(Nc1cccc(CCCC)c1)c1cccc(CC)c1. The summed E-state index contributed by atoms with van der Waals surface area (Å²) in [6.45, 7) is 8.58. The lowest BCUT2D eigenvalue weighted by Crippen LogP contribution is -1.98. The molecule has 0 bridgehead atoms. The lowest BCUT2D eigenvalue weighted by atomic mass is 10.1. The fourth-order valence-electron chi connectivity index (χ4n) is 2.41. The zero-order valence-corrected chi connectivity index (χ0v) is 13.2. The summed E-state index contributed by atoms with van der Waals surface area (Å²) in [5.74, 6) is 0. The maximum atomic E-state index is 4.18. The molecule has 2 aromatic rings. The van der Waals surface area contributed by atoms with Gasteiger partial charge in [-0.15, -0.1) is 0 Å².